The second kappa shape index (κ2) is 6.19. The average molecular weight is 387 g/mol. The fourth-order valence-electron chi connectivity index (χ4n) is 2.08. The van der Waals surface area contributed by atoms with Crippen molar-refractivity contribution in [1.82, 2.24) is 0 Å². The molecule has 0 spiro atoms. The van der Waals surface area contributed by atoms with Crippen molar-refractivity contribution in [1.29, 1.82) is 5.26 Å². The van der Waals surface area contributed by atoms with E-state index < -0.39 is 63.4 Å². The maximum atomic E-state index is 13.9. The summed E-state index contributed by atoms with van der Waals surface area (Å²) in [6.45, 7) is 0. The Morgan fingerprint density at radius 3 is 1.35 bits per heavy atom. The average Bonchev–Trinajstić information content (AvgIpc) is 2.52. The lowest BCUT2D eigenvalue weighted by molar-refractivity contribution is -0.143. The highest BCUT2D eigenvalue weighted by molar-refractivity contribution is 5.68. The van der Waals surface area contributed by atoms with Crippen molar-refractivity contribution in [2.24, 2.45) is 0 Å². The molecular formula is C15H3F10N. The zero-order valence-electron chi connectivity index (χ0n) is 12.0. The molecular weight excluding hydrogens is 384 g/mol. The molecule has 0 aliphatic rings. The molecule has 0 fully saturated rings. The van der Waals surface area contributed by atoms with Crippen LogP contribution in [0.5, 0.6) is 0 Å². The van der Waals surface area contributed by atoms with Crippen molar-refractivity contribution in [2.75, 3.05) is 0 Å². The van der Waals surface area contributed by atoms with Gasteiger partial charge in [-0.05, 0) is 23.8 Å². The first-order valence-electron chi connectivity index (χ1n) is 6.35. The zero-order chi connectivity index (χ0) is 20.0. The number of nitriles is 1. The Morgan fingerprint density at radius 2 is 1.04 bits per heavy atom. The van der Waals surface area contributed by atoms with Gasteiger partial charge in [0.15, 0.2) is 23.3 Å². The Labute approximate surface area is 138 Å². The van der Waals surface area contributed by atoms with Crippen molar-refractivity contribution in [3.05, 3.63) is 58.2 Å². The van der Waals surface area contributed by atoms with E-state index in [0.717, 1.165) is 6.07 Å². The van der Waals surface area contributed by atoms with E-state index in [1.54, 1.807) is 0 Å². The molecule has 0 atom stereocenters. The maximum absolute atomic E-state index is 13.9. The SMILES string of the molecule is N#Cc1c(F)c(F)c(-c2cc(C(F)(F)F)cc(C(F)(F)F)c2)c(F)c1F. The van der Waals surface area contributed by atoms with Gasteiger partial charge in [-0.25, -0.2) is 17.6 Å². The van der Waals surface area contributed by atoms with E-state index in [1.165, 1.54) is 0 Å². The molecule has 0 radical (unpaired) electrons. The number of rotatable bonds is 1. The molecule has 2 aromatic rings. The highest BCUT2D eigenvalue weighted by Crippen LogP contribution is 2.40. The van der Waals surface area contributed by atoms with E-state index in [0.29, 0.717) is 0 Å². The minimum Gasteiger partial charge on any atom is -0.203 e. The highest BCUT2D eigenvalue weighted by atomic mass is 19.4. The van der Waals surface area contributed by atoms with Crippen LogP contribution in [-0.4, -0.2) is 0 Å². The maximum Gasteiger partial charge on any atom is 0.416 e. The molecule has 0 saturated carbocycles. The fourth-order valence-corrected chi connectivity index (χ4v) is 2.08. The molecule has 0 unspecified atom stereocenters. The summed E-state index contributed by atoms with van der Waals surface area (Å²) in [5.41, 5.74) is -8.77. The normalized spacial score (nSPS) is 12.2. The third-order valence-corrected chi connectivity index (χ3v) is 3.25. The van der Waals surface area contributed by atoms with Gasteiger partial charge in [0.1, 0.15) is 11.6 Å². The van der Waals surface area contributed by atoms with Gasteiger partial charge in [0.05, 0.1) is 16.7 Å². The van der Waals surface area contributed by atoms with Gasteiger partial charge in [0.25, 0.3) is 0 Å². The number of nitrogens with zero attached hydrogens (tertiary/aromatic N) is 1. The second-order valence-corrected chi connectivity index (χ2v) is 4.91. The van der Waals surface area contributed by atoms with Crippen LogP contribution in [-0.2, 0) is 12.4 Å². The molecule has 2 aromatic carbocycles. The van der Waals surface area contributed by atoms with E-state index in [2.05, 4.69) is 0 Å². The van der Waals surface area contributed by atoms with Crippen LogP contribution in [0.15, 0.2) is 18.2 Å². The van der Waals surface area contributed by atoms with Crippen LogP contribution in [0.25, 0.3) is 11.1 Å². The number of hydrogen-bond acceptors (Lipinski definition) is 1. The van der Waals surface area contributed by atoms with Gasteiger partial charge in [0.2, 0.25) is 0 Å². The number of benzene rings is 2. The highest BCUT2D eigenvalue weighted by Gasteiger charge is 2.38. The van der Waals surface area contributed by atoms with Crippen molar-refractivity contribution >= 4 is 0 Å². The van der Waals surface area contributed by atoms with Crippen LogP contribution in [0, 0.1) is 34.6 Å². The summed E-state index contributed by atoms with van der Waals surface area (Å²) < 4.78 is 132. The number of alkyl halides is 6. The molecule has 0 saturated heterocycles. The van der Waals surface area contributed by atoms with Crippen molar-refractivity contribution in [2.45, 2.75) is 12.4 Å². The molecule has 0 bridgehead atoms. The molecule has 0 aliphatic heterocycles. The summed E-state index contributed by atoms with van der Waals surface area (Å²) in [4.78, 5) is 0. The van der Waals surface area contributed by atoms with Gasteiger partial charge in [-0.2, -0.15) is 31.6 Å². The van der Waals surface area contributed by atoms with Crippen LogP contribution in [0.2, 0.25) is 0 Å². The van der Waals surface area contributed by atoms with Crippen LogP contribution in [0.1, 0.15) is 16.7 Å². The standard InChI is InChI=1S/C15H3F10N/c16-10-8(4-26)11(17)13(19)9(12(10)18)5-1-6(14(20,21)22)3-7(2-5)15(23,24)25/h1-3H. The summed E-state index contributed by atoms with van der Waals surface area (Å²) >= 11 is 0. The molecule has 0 heterocycles. The van der Waals surface area contributed by atoms with Gasteiger partial charge < -0.3 is 0 Å². The fraction of sp³-hybridized carbons (Fsp3) is 0.133. The predicted molar refractivity (Wildman–Crippen MR) is 66.4 cm³/mol. The minimum atomic E-state index is -5.34. The molecule has 0 N–H and O–H groups in total. The van der Waals surface area contributed by atoms with Gasteiger partial charge in [0, 0.05) is 0 Å². The monoisotopic (exact) mass is 387 g/mol. The summed E-state index contributed by atoms with van der Waals surface area (Å²) in [5, 5.41) is 8.45. The largest absolute Gasteiger partial charge is 0.416 e. The van der Waals surface area contributed by atoms with Crippen LogP contribution in [0.3, 0.4) is 0 Å². The molecule has 1 nitrogen and oxygen atoms in total. The Kier molecular flexibility index (Phi) is 4.66. The topological polar surface area (TPSA) is 23.8 Å². The zero-order valence-corrected chi connectivity index (χ0v) is 12.0. The predicted octanol–water partition coefficient (Wildman–Crippen LogP) is 5.82. The lowest BCUT2D eigenvalue weighted by Gasteiger charge is -2.15. The Morgan fingerprint density at radius 1 is 0.654 bits per heavy atom. The second-order valence-electron chi connectivity index (χ2n) is 4.91. The van der Waals surface area contributed by atoms with Crippen LogP contribution >= 0.6 is 0 Å². The Bertz CT molecular complexity index is 857. The molecule has 11 heteroatoms. The summed E-state index contributed by atoms with van der Waals surface area (Å²) in [6, 6.07) is 0.290. The lowest BCUT2D eigenvalue weighted by Crippen LogP contribution is -2.12. The van der Waals surface area contributed by atoms with Crippen LogP contribution < -0.4 is 0 Å². The first kappa shape index (κ1) is 19.6. The Hall–Kier alpha value is -2.77. The quantitative estimate of drug-likeness (QED) is 0.447. The van der Waals surface area contributed by atoms with E-state index in [4.69, 9.17) is 5.26 Å². The Balaban J connectivity index is 2.92. The summed E-state index contributed by atoms with van der Waals surface area (Å²) in [7, 11) is 0. The van der Waals surface area contributed by atoms with E-state index in [9.17, 15) is 43.9 Å². The van der Waals surface area contributed by atoms with Crippen LogP contribution in [0.4, 0.5) is 43.9 Å². The number of halogens is 10. The molecule has 0 amide bonds. The first-order valence-corrected chi connectivity index (χ1v) is 6.35. The molecule has 2 rings (SSSR count). The molecule has 0 aliphatic carbocycles. The third-order valence-electron chi connectivity index (χ3n) is 3.25. The summed E-state index contributed by atoms with van der Waals surface area (Å²) in [6.07, 6.45) is -10.7. The smallest absolute Gasteiger partial charge is 0.203 e. The van der Waals surface area contributed by atoms with E-state index in [-0.39, 0.29) is 18.2 Å². The van der Waals surface area contributed by atoms with E-state index >= 15 is 0 Å². The number of hydrogen-bond donors (Lipinski definition) is 0. The van der Waals surface area contributed by atoms with Crippen molar-refractivity contribution in [3.63, 3.8) is 0 Å². The minimum absolute atomic E-state index is 0.0956. The third kappa shape index (κ3) is 3.31. The molecule has 138 valence electrons. The lowest BCUT2D eigenvalue weighted by atomic mass is 9.96. The first-order chi connectivity index (χ1) is 11.8. The molecule has 0 aromatic heterocycles. The van der Waals surface area contributed by atoms with E-state index in [1.807, 2.05) is 0 Å². The van der Waals surface area contributed by atoms with Crippen molar-refractivity contribution in [3.8, 4) is 17.2 Å². The van der Waals surface area contributed by atoms with Gasteiger partial charge in [-0.1, -0.05) is 0 Å². The van der Waals surface area contributed by atoms with Gasteiger partial charge >= 0.3 is 12.4 Å². The van der Waals surface area contributed by atoms with Gasteiger partial charge in [-0.3, -0.25) is 0 Å². The van der Waals surface area contributed by atoms with Gasteiger partial charge in [-0.15, -0.1) is 0 Å². The summed E-state index contributed by atoms with van der Waals surface area (Å²) in [5.74, 6) is -9.08. The van der Waals surface area contributed by atoms with Crippen molar-refractivity contribution < 1.29 is 43.9 Å². The molecule has 26 heavy (non-hydrogen) atoms.